The highest BCUT2D eigenvalue weighted by molar-refractivity contribution is 6.18. The van der Waals surface area contributed by atoms with E-state index in [9.17, 15) is 13.6 Å². The summed E-state index contributed by atoms with van der Waals surface area (Å²) >= 11 is 5.93. The molecular formula is C14H18ClF2NO. The van der Waals surface area contributed by atoms with E-state index in [0.29, 0.717) is 12.4 Å². The third-order valence-corrected chi connectivity index (χ3v) is 4.10. The topological polar surface area (TPSA) is 29.1 Å². The minimum atomic E-state index is -0.764. The minimum Gasteiger partial charge on any atom is -0.351 e. The Kier molecular flexibility index (Phi) is 5.73. The van der Waals surface area contributed by atoms with Gasteiger partial charge < -0.3 is 5.32 Å². The van der Waals surface area contributed by atoms with Crippen molar-refractivity contribution >= 4 is 17.5 Å². The number of amides is 1. The molecule has 1 rings (SSSR count). The van der Waals surface area contributed by atoms with E-state index < -0.39 is 17.5 Å². The SMILES string of the molecule is CCC(CC)(CCl)CNC(=O)c1cc(F)cc(F)c1. The number of carbonyl (C=O) groups is 1. The van der Waals surface area contributed by atoms with Crippen LogP contribution in [0.4, 0.5) is 8.78 Å². The van der Waals surface area contributed by atoms with E-state index in [1.54, 1.807) is 0 Å². The van der Waals surface area contributed by atoms with Gasteiger partial charge in [0.2, 0.25) is 0 Å². The number of benzene rings is 1. The molecule has 0 aromatic heterocycles. The van der Waals surface area contributed by atoms with Crippen molar-refractivity contribution in [2.24, 2.45) is 5.41 Å². The quantitative estimate of drug-likeness (QED) is 0.794. The van der Waals surface area contributed by atoms with Gasteiger partial charge in [0.1, 0.15) is 11.6 Å². The van der Waals surface area contributed by atoms with Crippen LogP contribution in [0, 0.1) is 17.0 Å². The summed E-state index contributed by atoms with van der Waals surface area (Å²) in [6, 6.07) is 2.76. The Morgan fingerprint density at radius 1 is 1.21 bits per heavy atom. The molecule has 0 saturated heterocycles. The van der Waals surface area contributed by atoms with Gasteiger partial charge in [-0.25, -0.2) is 8.78 Å². The van der Waals surface area contributed by atoms with E-state index in [2.05, 4.69) is 5.32 Å². The average molecular weight is 290 g/mol. The molecule has 0 aliphatic carbocycles. The molecule has 0 spiro atoms. The molecule has 0 aliphatic rings. The zero-order chi connectivity index (χ0) is 14.5. The molecule has 1 aromatic rings. The average Bonchev–Trinajstić information content (AvgIpc) is 2.39. The summed E-state index contributed by atoms with van der Waals surface area (Å²) in [4.78, 5) is 11.9. The zero-order valence-corrected chi connectivity index (χ0v) is 11.9. The first-order valence-electron chi connectivity index (χ1n) is 6.26. The second-order valence-corrected chi connectivity index (χ2v) is 4.95. The van der Waals surface area contributed by atoms with Crippen LogP contribution >= 0.6 is 11.6 Å². The molecule has 2 nitrogen and oxygen atoms in total. The molecule has 1 amide bonds. The maximum atomic E-state index is 13.0. The lowest BCUT2D eigenvalue weighted by Gasteiger charge is -2.29. The number of halogens is 3. The third kappa shape index (κ3) is 4.16. The molecule has 0 aliphatic heterocycles. The zero-order valence-electron chi connectivity index (χ0n) is 11.1. The van der Waals surface area contributed by atoms with Gasteiger partial charge in [-0.05, 0) is 25.0 Å². The minimum absolute atomic E-state index is 0.0202. The summed E-state index contributed by atoms with van der Waals surface area (Å²) in [5, 5.41) is 2.69. The number of hydrogen-bond donors (Lipinski definition) is 1. The first kappa shape index (κ1) is 15.9. The summed E-state index contributed by atoms with van der Waals surface area (Å²) in [5.41, 5.74) is -0.198. The van der Waals surface area contributed by atoms with Gasteiger partial charge in [0.15, 0.2) is 0 Å². The van der Waals surface area contributed by atoms with Crippen molar-refractivity contribution < 1.29 is 13.6 Å². The molecule has 0 unspecified atom stereocenters. The van der Waals surface area contributed by atoms with Crippen LogP contribution in [0.5, 0.6) is 0 Å². The fourth-order valence-electron chi connectivity index (χ4n) is 1.79. The summed E-state index contributed by atoms with van der Waals surface area (Å²) in [5.74, 6) is -1.59. The van der Waals surface area contributed by atoms with E-state index in [1.165, 1.54) is 0 Å². The summed E-state index contributed by atoms with van der Waals surface area (Å²) in [6.07, 6.45) is 1.65. The smallest absolute Gasteiger partial charge is 0.251 e. The van der Waals surface area contributed by atoms with Crippen molar-refractivity contribution in [1.29, 1.82) is 0 Å². The molecule has 1 aromatic carbocycles. The first-order chi connectivity index (χ1) is 8.96. The fourth-order valence-corrected chi connectivity index (χ4v) is 2.26. The second-order valence-electron chi connectivity index (χ2n) is 4.68. The van der Waals surface area contributed by atoms with Crippen LogP contribution in [-0.2, 0) is 0 Å². The van der Waals surface area contributed by atoms with Gasteiger partial charge in [-0.1, -0.05) is 13.8 Å². The van der Waals surface area contributed by atoms with Crippen molar-refractivity contribution in [3.05, 3.63) is 35.4 Å². The molecular weight excluding hydrogens is 272 g/mol. The molecule has 0 fully saturated rings. The summed E-state index contributed by atoms with van der Waals surface area (Å²) < 4.78 is 26.0. The van der Waals surface area contributed by atoms with Crippen molar-refractivity contribution in [3.63, 3.8) is 0 Å². The number of nitrogens with one attached hydrogen (secondary N) is 1. The molecule has 0 heterocycles. The van der Waals surface area contributed by atoms with Crippen molar-refractivity contribution in [2.75, 3.05) is 12.4 Å². The first-order valence-corrected chi connectivity index (χ1v) is 6.80. The lowest BCUT2D eigenvalue weighted by atomic mass is 9.84. The normalized spacial score (nSPS) is 11.4. The Balaban J connectivity index is 2.74. The van der Waals surface area contributed by atoms with Crippen molar-refractivity contribution in [2.45, 2.75) is 26.7 Å². The fraction of sp³-hybridized carbons (Fsp3) is 0.500. The van der Waals surface area contributed by atoms with Gasteiger partial charge in [-0.3, -0.25) is 4.79 Å². The Morgan fingerprint density at radius 2 is 1.74 bits per heavy atom. The van der Waals surface area contributed by atoms with Gasteiger partial charge in [-0.2, -0.15) is 0 Å². The van der Waals surface area contributed by atoms with Crippen LogP contribution in [0.25, 0.3) is 0 Å². The highest BCUT2D eigenvalue weighted by atomic mass is 35.5. The molecule has 0 atom stereocenters. The van der Waals surface area contributed by atoms with E-state index >= 15 is 0 Å². The standard InChI is InChI=1S/C14H18ClF2NO/c1-3-14(4-2,8-15)9-18-13(19)10-5-11(16)7-12(17)6-10/h5-7H,3-4,8-9H2,1-2H3,(H,18,19). The predicted octanol–water partition coefficient (Wildman–Crippen LogP) is 3.74. The van der Waals surface area contributed by atoms with Crippen LogP contribution in [0.15, 0.2) is 18.2 Å². The maximum Gasteiger partial charge on any atom is 0.251 e. The second kappa shape index (κ2) is 6.85. The van der Waals surface area contributed by atoms with Crippen LogP contribution in [-0.4, -0.2) is 18.3 Å². The predicted molar refractivity (Wildman–Crippen MR) is 72.4 cm³/mol. The largest absolute Gasteiger partial charge is 0.351 e. The number of carbonyl (C=O) groups excluding carboxylic acids is 1. The van der Waals surface area contributed by atoms with Crippen LogP contribution in [0.3, 0.4) is 0 Å². The third-order valence-electron chi connectivity index (χ3n) is 3.53. The maximum absolute atomic E-state index is 13.0. The van der Waals surface area contributed by atoms with Crippen LogP contribution in [0.1, 0.15) is 37.0 Å². The van der Waals surface area contributed by atoms with Gasteiger partial charge >= 0.3 is 0 Å². The highest BCUT2D eigenvalue weighted by Gasteiger charge is 2.25. The van der Waals surface area contributed by atoms with Crippen molar-refractivity contribution in [3.8, 4) is 0 Å². The Bertz CT molecular complexity index is 419. The van der Waals surface area contributed by atoms with Crippen LogP contribution in [0.2, 0.25) is 0 Å². The molecule has 0 bridgehead atoms. The molecule has 19 heavy (non-hydrogen) atoms. The Morgan fingerprint density at radius 3 is 2.16 bits per heavy atom. The summed E-state index contributed by atoms with van der Waals surface area (Å²) in [6.45, 7) is 4.39. The highest BCUT2D eigenvalue weighted by Crippen LogP contribution is 2.27. The van der Waals surface area contributed by atoms with E-state index in [4.69, 9.17) is 11.6 Å². The molecule has 0 radical (unpaired) electrons. The Labute approximate surface area is 117 Å². The van der Waals surface area contributed by atoms with E-state index in [-0.39, 0.29) is 11.0 Å². The van der Waals surface area contributed by atoms with Crippen LogP contribution < -0.4 is 5.32 Å². The van der Waals surface area contributed by atoms with E-state index in [0.717, 1.165) is 31.0 Å². The lowest BCUT2D eigenvalue weighted by molar-refractivity contribution is 0.0931. The van der Waals surface area contributed by atoms with Gasteiger partial charge in [0.25, 0.3) is 5.91 Å². The Hall–Kier alpha value is -1.16. The number of hydrogen-bond acceptors (Lipinski definition) is 1. The van der Waals surface area contributed by atoms with Gasteiger partial charge in [0, 0.05) is 29.5 Å². The van der Waals surface area contributed by atoms with Gasteiger partial charge in [-0.15, -0.1) is 11.6 Å². The number of rotatable bonds is 6. The van der Waals surface area contributed by atoms with E-state index in [1.807, 2.05) is 13.8 Å². The van der Waals surface area contributed by atoms with Crippen molar-refractivity contribution in [1.82, 2.24) is 5.32 Å². The molecule has 1 N–H and O–H groups in total. The van der Waals surface area contributed by atoms with Gasteiger partial charge in [0.05, 0.1) is 0 Å². The molecule has 5 heteroatoms. The monoisotopic (exact) mass is 289 g/mol. The number of alkyl halides is 1. The summed E-state index contributed by atoms with van der Waals surface area (Å²) in [7, 11) is 0. The molecule has 106 valence electrons. The molecule has 0 saturated carbocycles. The lowest BCUT2D eigenvalue weighted by Crippen LogP contribution is -2.38.